The van der Waals surface area contributed by atoms with Crippen LogP contribution < -0.4 is 10.6 Å². The molecule has 0 fully saturated rings. The first-order chi connectivity index (χ1) is 10.4. The average Bonchev–Trinajstić information content (AvgIpc) is 3.07. The van der Waals surface area contributed by atoms with Crippen LogP contribution in [0, 0.1) is 0 Å². The van der Waals surface area contributed by atoms with Gasteiger partial charge in [0.05, 0.1) is 23.7 Å². The van der Waals surface area contributed by atoms with E-state index in [1.165, 1.54) is 18.5 Å². The van der Waals surface area contributed by atoms with Crippen LogP contribution in [0.25, 0.3) is 0 Å². The Labute approximate surface area is 126 Å². The van der Waals surface area contributed by atoms with E-state index < -0.39 is 17.4 Å². The maximum absolute atomic E-state index is 12.0. The number of aromatic amines is 1. The van der Waals surface area contributed by atoms with E-state index in [0.717, 1.165) is 0 Å². The Bertz CT molecular complexity index is 640. The molecule has 2 heterocycles. The molecule has 2 aromatic heterocycles. The van der Waals surface area contributed by atoms with Crippen LogP contribution in [-0.4, -0.2) is 39.3 Å². The number of carbonyl (C=O) groups is 2. The third kappa shape index (κ3) is 4.19. The van der Waals surface area contributed by atoms with E-state index in [1.807, 2.05) is 0 Å². The molecule has 2 amide bonds. The number of aromatic nitrogens is 2. The molecule has 2 rings (SSSR count). The fourth-order valence-corrected chi connectivity index (χ4v) is 1.72. The van der Waals surface area contributed by atoms with Gasteiger partial charge in [-0.25, -0.2) is 0 Å². The number of aliphatic hydroxyl groups is 1. The number of hydrogen-bond donors (Lipinski definition) is 4. The summed E-state index contributed by atoms with van der Waals surface area (Å²) in [4.78, 5) is 23.9. The average molecular weight is 306 g/mol. The van der Waals surface area contributed by atoms with Gasteiger partial charge in [-0.2, -0.15) is 5.10 Å². The van der Waals surface area contributed by atoms with Crippen molar-refractivity contribution in [3.63, 3.8) is 0 Å². The summed E-state index contributed by atoms with van der Waals surface area (Å²) in [7, 11) is 0. The number of anilines is 1. The molecule has 0 aliphatic carbocycles. The molecule has 0 spiro atoms. The van der Waals surface area contributed by atoms with Crippen LogP contribution in [0.4, 0.5) is 5.69 Å². The second-order valence-corrected chi connectivity index (χ2v) is 5.41. The molecule has 8 heteroatoms. The molecule has 0 atom stereocenters. The Balaban J connectivity index is 1.97. The van der Waals surface area contributed by atoms with E-state index in [1.54, 1.807) is 19.9 Å². The number of rotatable bonds is 6. The Kier molecular flexibility index (Phi) is 4.62. The SMILES string of the molecule is CC(C)(O)CCNC(=O)c1[nH]ncc1NC(=O)c1ccco1. The van der Waals surface area contributed by atoms with E-state index in [2.05, 4.69) is 20.8 Å². The van der Waals surface area contributed by atoms with Crippen molar-refractivity contribution >= 4 is 17.5 Å². The van der Waals surface area contributed by atoms with Gasteiger partial charge < -0.3 is 20.2 Å². The predicted octanol–water partition coefficient (Wildman–Crippen LogP) is 1.15. The Hall–Kier alpha value is -2.61. The van der Waals surface area contributed by atoms with Crippen molar-refractivity contribution in [1.82, 2.24) is 15.5 Å². The van der Waals surface area contributed by atoms with Crippen molar-refractivity contribution in [2.45, 2.75) is 25.9 Å². The normalized spacial score (nSPS) is 11.2. The standard InChI is InChI=1S/C14H18N4O4/c1-14(2,21)5-6-15-13(20)11-9(8-16-18-11)17-12(19)10-4-3-7-22-10/h3-4,7-8,21H,5-6H2,1-2H3,(H,15,20)(H,16,18)(H,17,19). The smallest absolute Gasteiger partial charge is 0.291 e. The Morgan fingerprint density at radius 1 is 1.41 bits per heavy atom. The fourth-order valence-electron chi connectivity index (χ4n) is 1.72. The van der Waals surface area contributed by atoms with E-state index >= 15 is 0 Å². The number of amides is 2. The molecule has 4 N–H and O–H groups in total. The Morgan fingerprint density at radius 3 is 2.82 bits per heavy atom. The molecule has 0 bridgehead atoms. The lowest BCUT2D eigenvalue weighted by atomic mass is 10.1. The van der Waals surface area contributed by atoms with Crippen molar-refractivity contribution in [1.29, 1.82) is 0 Å². The van der Waals surface area contributed by atoms with Crippen LogP contribution in [0.2, 0.25) is 0 Å². The lowest BCUT2D eigenvalue weighted by molar-refractivity contribution is 0.0692. The number of H-pyrrole nitrogens is 1. The Morgan fingerprint density at radius 2 is 2.18 bits per heavy atom. The topological polar surface area (TPSA) is 120 Å². The van der Waals surface area contributed by atoms with Gasteiger partial charge in [0.2, 0.25) is 0 Å². The van der Waals surface area contributed by atoms with Gasteiger partial charge in [-0.05, 0) is 32.4 Å². The first kappa shape index (κ1) is 15.8. The molecule has 0 radical (unpaired) electrons. The van der Waals surface area contributed by atoms with Crippen LogP contribution in [-0.2, 0) is 0 Å². The number of nitrogens with one attached hydrogen (secondary N) is 3. The van der Waals surface area contributed by atoms with Crippen LogP contribution in [0.15, 0.2) is 29.0 Å². The highest BCUT2D eigenvalue weighted by Gasteiger charge is 2.18. The van der Waals surface area contributed by atoms with Crippen molar-refractivity contribution in [2.24, 2.45) is 0 Å². The van der Waals surface area contributed by atoms with Gasteiger partial charge in [0.1, 0.15) is 5.69 Å². The number of carbonyl (C=O) groups excluding carboxylic acids is 2. The summed E-state index contributed by atoms with van der Waals surface area (Å²) in [5.74, 6) is -0.761. The maximum atomic E-state index is 12.0. The lowest BCUT2D eigenvalue weighted by Gasteiger charge is -2.16. The third-order valence-corrected chi connectivity index (χ3v) is 2.88. The molecule has 0 saturated carbocycles. The molecule has 0 aliphatic rings. The van der Waals surface area contributed by atoms with Crippen molar-refractivity contribution < 1.29 is 19.1 Å². The first-order valence-electron chi connectivity index (χ1n) is 6.75. The summed E-state index contributed by atoms with van der Waals surface area (Å²) in [6.07, 6.45) is 3.13. The zero-order valence-corrected chi connectivity index (χ0v) is 12.3. The second kappa shape index (κ2) is 6.44. The molecule has 2 aromatic rings. The maximum Gasteiger partial charge on any atom is 0.291 e. The zero-order valence-electron chi connectivity index (χ0n) is 12.3. The van der Waals surface area contributed by atoms with Gasteiger partial charge in [-0.1, -0.05) is 0 Å². The van der Waals surface area contributed by atoms with Crippen molar-refractivity contribution in [2.75, 3.05) is 11.9 Å². The summed E-state index contributed by atoms with van der Waals surface area (Å²) in [6, 6.07) is 3.10. The van der Waals surface area contributed by atoms with Gasteiger partial charge >= 0.3 is 0 Å². The highest BCUT2D eigenvalue weighted by Crippen LogP contribution is 2.14. The predicted molar refractivity (Wildman–Crippen MR) is 78.5 cm³/mol. The van der Waals surface area contributed by atoms with Gasteiger partial charge in [0, 0.05) is 6.54 Å². The number of furan rings is 1. The van der Waals surface area contributed by atoms with E-state index in [-0.39, 0.29) is 17.1 Å². The minimum atomic E-state index is -0.863. The van der Waals surface area contributed by atoms with Crippen LogP contribution >= 0.6 is 0 Å². The highest BCUT2D eigenvalue weighted by atomic mass is 16.3. The zero-order chi connectivity index (χ0) is 16.2. The third-order valence-electron chi connectivity index (χ3n) is 2.88. The van der Waals surface area contributed by atoms with Crippen LogP contribution in [0.1, 0.15) is 41.3 Å². The van der Waals surface area contributed by atoms with Gasteiger partial charge in [-0.15, -0.1) is 0 Å². The van der Waals surface area contributed by atoms with Gasteiger partial charge in [0.15, 0.2) is 5.76 Å². The molecule has 0 unspecified atom stereocenters. The monoisotopic (exact) mass is 306 g/mol. The minimum Gasteiger partial charge on any atom is -0.459 e. The molecule has 0 aliphatic heterocycles. The minimum absolute atomic E-state index is 0.134. The summed E-state index contributed by atoms with van der Waals surface area (Å²) < 4.78 is 4.98. The van der Waals surface area contributed by atoms with Crippen molar-refractivity contribution in [3.05, 3.63) is 36.0 Å². The summed E-state index contributed by atoms with van der Waals surface area (Å²) in [6.45, 7) is 3.61. The first-order valence-corrected chi connectivity index (χ1v) is 6.75. The molecule has 0 aromatic carbocycles. The quantitative estimate of drug-likeness (QED) is 0.638. The molecular formula is C14H18N4O4. The molecule has 0 saturated heterocycles. The molecule has 8 nitrogen and oxygen atoms in total. The fraction of sp³-hybridized carbons (Fsp3) is 0.357. The second-order valence-electron chi connectivity index (χ2n) is 5.41. The summed E-state index contributed by atoms with van der Waals surface area (Å²) in [5.41, 5.74) is -0.477. The van der Waals surface area contributed by atoms with Gasteiger partial charge in [-0.3, -0.25) is 14.7 Å². The molecule has 118 valence electrons. The lowest BCUT2D eigenvalue weighted by Crippen LogP contribution is -2.31. The van der Waals surface area contributed by atoms with Crippen molar-refractivity contribution in [3.8, 4) is 0 Å². The largest absolute Gasteiger partial charge is 0.459 e. The van der Waals surface area contributed by atoms with E-state index in [4.69, 9.17) is 4.42 Å². The summed E-state index contributed by atoms with van der Waals surface area (Å²) in [5, 5.41) is 21.1. The van der Waals surface area contributed by atoms with Crippen LogP contribution in [0.5, 0.6) is 0 Å². The van der Waals surface area contributed by atoms with E-state index in [9.17, 15) is 14.7 Å². The van der Waals surface area contributed by atoms with E-state index in [0.29, 0.717) is 13.0 Å². The number of nitrogens with zero attached hydrogens (tertiary/aromatic N) is 1. The number of hydrogen-bond acceptors (Lipinski definition) is 5. The molecule has 22 heavy (non-hydrogen) atoms. The highest BCUT2D eigenvalue weighted by molar-refractivity contribution is 6.06. The van der Waals surface area contributed by atoms with Gasteiger partial charge in [0.25, 0.3) is 11.8 Å². The summed E-state index contributed by atoms with van der Waals surface area (Å²) >= 11 is 0. The van der Waals surface area contributed by atoms with Crippen LogP contribution in [0.3, 0.4) is 0 Å². The molecular weight excluding hydrogens is 288 g/mol.